The lowest BCUT2D eigenvalue weighted by atomic mass is 10.4. The molecular weight excluding hydrogens is 284 g/mol. The van der Waals surface area contributed by atoms with Gasteiger partial charge >= 0.3 is 14.8 Å². The van der Waals surface area contributed by atoms with Crippen molar-refractivity contribution in [3.8, 4) is 0 Å². The predicted molar refractivity (Wildman–Crippen MR) is 85.2 cm³/mol. The SMILES string of the molecule is C=C(C)C(=O)O[Si](OCCC)(OCCC)c1ccccc1. The molecule has 21 heavy (non-hydrogen) atoms. The van der Waals surface area contributed by atoms with Crippen molar-refractivity contribution < 1.29 is 18.1 Å². The zero-order valence-electron chi connectivity index (χ0n) is 13.1. The lowest BCUT2D eigenvalue weighted by Gasteiger charge is -2.29. The topological polar surface area (TPSA) is 44.8 Å². The van der Waals surface area contributed by atoms with Crippen LogP contribution in [0.4, 0.5) is 0 Å². The van der Waals surface area contributed by atoms with Gasteiger partial charge in [0.05, 0.1) is 0 Å². The molecule has 0 atom stereocenters. The summed E-state index contributed by atoms with van der Waals surface area (Å²) in [6.07, 6.45) is 1.64. The first-order valence-corrected chi connectivity index (χ1v) is 9.00. The molecule has 0 unspecified atom stereocenters. The van der Waals surface area contributed by atoms with E-state index in [2.05, 4.69) is 6.58 Å². The fourth-order valence-corrected chi connectivity index (χ4v) is 4.27. The average Bonchev–Trinajstić information content (AvgIpc) is 2.50. The van der Waals surface area contributed by atoms with Crippen LogP contribution in [-0.2, 0) is 18.1 Å². The van der Waals surface area contributed by atoms with Gasteiger partial charge in [0.2, 0.25) is 0 Å². The van der Waals surface area contributed by atoms with Gasteiger partial charge in [0.15, 0.2) is 0 Å². The van der Waals surface area contributed by atoms with E-state index in [4.69, 9.17) is 13.3 Å². The fourth-order valence-electron chi connectivity index (χ4n) is 1.65. The molecule has 0 fully saturated rings. The minimum Gasteiger partial charge on any atom is -0.467 e. The predicted octanol–water partition coefficient (Wildman–Crippen LogP) is 2.81. The van der Waals surface area contributed by atoms with E-state index >= 15 is 0 Å². The Bertz CT molecular complexity index is 451. The fraction of sp³-hybridized carbons (Fsp3) is 0.438. The first-order chi connectivity index (χ1) is 10.1. The molecule has 0 saturated carbocycles. The van der Waals surface area contributed by atoms with Gasteiger partial charge in [0, 0.05) is 24.0 Å². The molecule has 1 aromatic rings. The molecule has 4 nitrogen and oxygen atoms in total. The summed E-state index contributed by atoms with van der Waals surface area (Å²) in [6, 6.07) is 9.43. The van der Waals surface area contributed by atoms with Gasteiger partial charge in [-0.3, -0.25) is 0 Å². The highest BCUT2D eigenvalue weighted by molar-refractivity contribution is 6.76. The van der Waals surface area contributed by atoms with Crippen LogP contribution in [0.3, 0.4) is 0 Å². The highest BCUT2D eigenvalue weighted by atomic mass is 28.4. The van der Waals surface area contributed by atoms with Crippen molar-refractivity contribution >= 4 is 20.0 Å². The Labute approximate surface area is 128 Å². The molecule has 0 aliphatic carbocycles. The molecular formula is C16H24O4Si. The van der Waals surface area contributed by atoms with Gasteiger partial charge in [-0.05, 0) is 19.8 Å². The number of carbonyl (C=O) groups excluding carboxylic acids is 1. The number of carbonyl (C=O) groups is 1. The quantitative estimate of drug-likeness (QED) is 0.520. The van der Waals surface area contributed by atoms with Crippen molar-refractivity contribution in [2.45, 2.75) is 33.6 Å². The van der Waals surface area contributed by atoms with E-state index < -0.39 is 14.8 Å². The molecule has 0 saturated heterocycles. The van der Waals surface area contributed by atoms with Gasteiger partial charge in [-0.15, -0.1) is 0 Å². The molecule has 1 aromatic carbocycles. The van der Waals surface area contributed by atoms with Crippen LogP contribution in [0.5, 0.6) is 0 Å². The van der Waals surface area contributed by atoms with Gasteiger partial charge in [-0.25, -0.2) is 4.79 Å². The average molecular weight is 308 g/mol. The maximum absolute atomic E-state index is 12.0. The second-order valence-electron chi connectivity index (χ2n) is 4.79. The van der Waals surface area contributed by atoms with Crippen LogP contribution >= 0.6 is 0 Å². The van der Waals surface area contributed by atoms with E-state index in [-0.39, 0.29) is 0 Å². The Morgan fingerprint density at radius 3 is 2.05 bits per heavy atom. The first kappa shape index (κ1) is 17.6. The molecule has 1 rings (SSSR count). The summed E-state index contributed by atoms with van der Waals surface area (Å²) in [5, 5.41) is 0.793. The molecule has 0 spiro atoms. The highest BCUT2D eigenvalue weighted by Crippen LogP contribution is 2.14. The summed E-state index contributed by atoms with van der Waals surface area (Å²) in [6.45, 7) is 10.2. The van der Waals surface area contributed by atoms with Crippen LogP contribution in [-0.4, -0.2) is 28.0 Å². The van der Waals surface area contributed by atoms with Crippen LogP contribution < -0.4 is 5.19 Å². The molecule has 0 bridgehead atoms. The van der Waals surface area contributed by atoms with E-state index in [0.29, 0.717) is 18.8 Å². The molecule has 0 radical (unpaired) electrons. The zero-order valence-corrected chi connectivity index (χ0v) is 14.1. The molecule has 116 valence electrons. The first-order valence-electron chi connectivity index (χ1n) is 7.28. The third kappa shape index (κ3) is 5.11. The van der Waals surface area contributed by atoms with Crippen LogP contribution in [0.25, 0.3) is 0 Å². The minimum atomic E-state index is -3.25. The summed E-state index contributed by atoms with van der Waals surface area (Å²) >= 11 is 0. The lowest BCUT2D eigenvalue weighted by molar-refractivity contribution is -0.134. The second kappa shape index (κ2) is 8.77. The summed E-state index contributed by atoms with van der Waals surface area (Å²) in [5.41, 5.74) is 0.336. The van der Waals surface area contributed by atoms with Crippen LogP contribution in [0.1, 0.15) is 33.6 Å². The van der Waals surface area contributed by atoms with Crippen molar-refractivity contribution in [3.05, 3.63) is 42.5 Å². The van der Waals surface area contributed by atoms with E-state index in [9.17, 15) is 4.79 Å². The molecule has 0 aromatic heterocycles. The second-order valence-corrected chi connectivity index (χ2v) is 7.26. The Morgan fingerprint density at radius 2 is 1.62 bits per heavy atom. The van der Waals surface area contributed by atoms with Gasteiger partial charge in [0.1, 0.15) is 0 Å². The molecule has 0 heterocycles. The minimum absolute atomic E-state index is 0.336. The van der Waals surface area contributed by atoms with Crippen LogP contribution in [0.2, 0.25) is 0 Å². The van der Waals surface area contributed by atoms with Gasteiger partial charge in [0.25, 0.3) is 0 Å². The maximum Gasteiger partial charge on any atom is 0.604 e. The lowest BCUT2D eigenvalue weighted by Crippen LogP contribution is -2.58. The Hall–Kier alpha value is -1.43. The van der Waals surface area contributed by atoms with Crippen molar-refractivity contribution in [2.24, 2.45) is 0 Å². The van der Waals surface area contributed by atoms with Crippen molar-refractivity contribution in [1.29, 1.82) is 0 Å². The summed E-state index contributed by atoms with van der Waals surface area (Å²) in [5.74, 6) is -0.474. The van der Waals surface area contributed by atoms with Gasteiger partial charge in [-0.2, -0.15) is 0 Å². The van der Waals surface area contributed by atoms with Gasteiger partial charge in [-0.1, -0.05) is 50.8 Å². The van der Waals surface area contributed by atoms with E-state index in [0.717, 1.165) is 18.0 Å². The third-order valence-electron chi connectivity index (χ3n) is 2.70. The van der Waals surface area contributed by atoms with Crippen molar-refractivity contribution in [2.75, 3.05) is 13.2 Å². The summed E-state index contributed by atoms with van der Waals surface area (Å²) in [7, 11) is -3.25. The largest absolute Gasteiger partial charge is 0.604 e. The summed E-state index contributed by atoms with van der Waals surface area (Å²) < 4.78 is 17.5. The number of hydrogen-bond donors (Lipinski definition) is 0. The van der Waals surface area contributed by atoms with Crippen LogP contribution in [0.15, 0.2) is 42.5 Å². The number of benzene rings is 1. The smallest absolute Gasteiger partial charge is 0.467 e. The Kier molecular flexibility index (Phi) is 7.35. The molecule has 0 aliphatic rings. The normalized spacial score (nSPS) is 11.2. The number of hydrogen-bond acceptors (Lipinski definition) is 4. The Balaban J connectivity index is 3.13. The third-order valence-corrected chi connectivity index (χ3v) is 5.36. The van der Waals surface area contributed by atoms with E-state index in [1.54, 1.807) is 6.92 Å². The van der Waals surface area contributed by atoms with Gasteiger partial charge < -0.3 is 13.3 Å². The van der Waals surface area contributed by atoms with Crippen LogP contribution in [0, 0.1) is 0 Å². The molecule has 5 heteroatoms. The number of rotatable bonds is 9. The highest BCUT2D eigenvalue weighted by Gasteiger charge is 2.47. The molecule has 0 aliphatic heterocycles. The standard InChI is InChI=1S/C16H24O4Si/c1-5-12-18-21(19-13-6-2,20-16(17)14(3)4)15-10-8-7-9-11-15/h7-11H,3,5-6,12-13H2,1-2,4H3. The van der Waals surface area contributed by atoms with E-state index in [1.165, 1.54) is 0 Å². The Morgan fingerprint density at radius 1 is 1.10 bits per heavy atom. The van der Waals surface area contributed by atoms with E-state index in [1.807, 2.05) is 44.2 Å². The summed E-state index contributed by atoms with van der Waals surface area (Å²) in [4.78, 5) is 12.0. The van der Waals surface area contributed by atoms with Crippen molar-refractivity contribution in [1.82, 2.24) is 0 Å². The maximum atomic E-state index is 12.0. The molecule has 0 amide bonds. The van der Waals surface area contributed by atoms with Crippen molar-refractivity contribution in [3.63, 3.8) is 0 Å². The monoisotopic (exact) mass is 308 g/mol. The molecule has 0 N–H and O–H groups in total. The zero-order chi connectivity index (χ0) is 15.7.